The highest BCUT2D eigenvalue weighted by Gasteiger charge is 2.29. The molecule has 6 heteroatoms. The number of piperidine rings is 1. The van der Waals surface area contributed by atoms with E-state index in [0.29, 0.717) is 5.92 Å². The predicted octanol–water partition coefficient (Wildman–Crippen LogP) is 2.73. The Morgan fingerprint density at radius 2 is 1.95 bits per heavy atom. The lowest BCUT2D eigenvalue weighted by Crippen LogP contribution is -2.55. The molecule has 1 aromatic rings. The average Bonchev–Trinajstić information content (AvgIpc) is 2.46. The quantitative estimate of drug-likeness (QED) is 0.918. The van der Waals surface area contributed by atoms with Crippen LogP contribution < -0.4 is 10.1 Å². The van der Waals surface area contributed by atoms with E-state index in [-0.39, 0.29) is 30.6 Å². The molecule has 0 radical (unpaired) electrons. The molecule has 1 N–H and O–H groups in total. The third-order valence-corrected chi connectivity index (χ3v) is 4.17. The van der Waals surface area contributed by atoms with Gasteiger partial charge >= 0.3 is 0 Å². The number of rotatable bonds is 3. The standard InChI is InChI=1S/C15H21FN2O.2ClH/c16-13-2-5-15(6-3-13)19-11-12-1-4-14-9-17-7-8-18(14)10-12;;/h2-3,5-6,12,14,17H,1,4,7-11H2;2*1H/t12-,14+;;/m0../s1. The minimum Gasteiger partial charge on any atom is -0.493 e. The summed E-state index contributed by atoms with van der Waals surface area (Å²) >= 11 is 0. The fraction of sp³-hybridized carbons (Fsp3) is 0.600. The van der Waals surface area contributed by atoms with Crippen molar-refractivity contribution in [1.82, 2.24) is 10.2 Å². The number of piperazine rings is 1. The van der Waals surface area contributed by atoms with Gasteiger partial charge in [0, 0.05) is 38.1 Å². The third-order valence-electron chi connectivity index (χ3n) is 4.17. The van der Waals surface area contributed by atoms with Crippen LogP contribution in [0.3, 0.4) is 0 Å². The summed E-state index contributed by atoms with van der Waals surface area (Å²) in [5.41, 5.74) is 0. The van der Waals surface area contributed by atoms with Gasteiger partial charge in [0.05, 0.1) is 6.61 Å². The highest BCUT2D eigenvalue weighted by Crippen LogP contribution is 2.24. The van der Waals surface area contributed by atoms with Crippen LogP contribution in [-0.2, 0) is 0 Å². The van der Waals surface area contributed by atoms with Gasteiger partial charge in [-0.3, -0.25) is 4.90 Å². The molecule has 1 aromatic carbocycles. The van der Waals surface area contributed by atoms with Gasteiger partial charge in [0.15, 0.2) is 0 Å². The van der Waals surface area contributed by atoms with Crippen LogP contribution in [0.4, 0.5) is 4.39 Å². The van der Waals surface area contributed by atoms with Gasteiger partial charge in [0.25, 0.3) is 0 Å². The number of benzene rings is 1. The number of hydrogen-bond donors (Lipinski definition) is 1. The Morgan fingerprint density at radius 1 is 1.19 bits per heavy atom. The van der Waals surface area contributed by atoms with E-state index >= 15 is 0 Å². The van der Waals surface area contributed by atoms with Crippen molar-refractivity contribution in [2.24, 2.45) is 5.92 Å². The van der Waals surface area contributed by atoms with Gasteiger partial charge < -0.3 is 10.1 Å². The molecular formula is C15H23Cl2FN2O. The van der Waals surface area contributed by atoms with Crippen molar-refractivity contribution in [2.75, 3.05) is 32.8 Å². The summed E-state index contributed by atoms with van der Waals surface area (Å²) in [6, 6.07) is 7.01. The summed E-state index contributed by atoms with van der Waals surface area (Å²) in [5, 5.41) is 3.45. The summed E-state index contributed by atoms with van der Waals surface area (Å²) in [7, 11) is 0. The molecule has 2 saturated heterocycles. The second kappa shape index (κ2) is 8.79. The first-order valence-corrected chi connectivity index (χ1v) is 7.14. The lowest BCUT2D eigenvalue weighted by atomic mass is 9.92. The summed E-state index contributed by atoms with van der Waals surface area (Å²) in [6.07, 6.45) is 2.48. The Kier molecular flexibility index (Phi) is 7.74. The van der Waals surface area contributed by atoms with E-state index < -0.39 is 0 Å². The first-order valence-electron chi connectivity index (χ1n) is 7.14. The van der Waals surface area contributed by atoms with Crippen LogP contribution in [0.1, 0.15) is 12.8 Å². The van der Waals surface area contributed by atoms with E-state index in [1.807, 2.05) is 0 Å². The highest BCUT2D eigenvalue weighted by molar-refractivity contribution is 5.85. The minimum atomic E-state index is -0.214. The van der Waals surface area contributed by atoms with Crippen LogP contribution in [0.15, 0.2) is 24.3 Å². The summed E-state index contributed by atoms with van der Waals surface area (Å²) < 4.78 is 18.6. The molecule has 120 valence electrons. The fourth-order valence-corrected chi connectivity index (χ4v) is 3.06. The van der Waals surface area contributed by atoms with Crippen LogP contribution in [0.2, 0.25) is 0 Å². The molecule has 3 rings (SSSR count). The molecule has 2 heterocycles. The third kappa shape index (κ3) is 4.99. The second-order valence-corrected chi connectivity index (χ2v) is 5.56. The first-order chi connectivity index (χ1) is 9.31. The van der Waals surface area contributed by atoms with E-state index in [4.69, 9.17) is 4.74 Å². The molecular weight excluding hydrogens is 314 g/mol. The van der Waals surface area contributed by atoms with E-state index in [0.717, 1.165) is 44.6 Å². The number of ether oxygens (including phenoxy) is 1. The molecule has 0 aromatic heterocycles. The normalized spacial score (nSPS) is 25.2. The van der Waals surface area contributed by atoms with Crippen molar-refractivity contribution in [1.29, 1.82) is 0 Å². The molecule has 0 aliphatic carbocycles. The van der Waals surface area contributed by atoms with Crippen molar-refractivity contribution in [3.05, 3.63) is 30.1 Å². The Balaban J connectivity index is 0.00000110. The Labute approximate surface area is 138 Å². The van der Waals surface area contributed by atoms with E-state index in [9.17, 15) is 4.39 Å². The zero-order chi connectivity index (χ0) is 13.1. The SMILES string of the molecule is Cl.Cl.Fc1ccc(OC[C@H]2CC[C@@H]3CNCCN3C2)cc1. The molecule has 2 fully saturated rings. The van der Waals surface area contributed by atoms with Gasteiger partial charge in [-0.25, -0.2) is 4.39 Å². The summed E-state index contributed by atoms with van der Waals surface area (Å²) in [4.78, 5) is 2.58. The maximum Gasteiger partial charge on any atom is 0.123 e. The number of halogens is 3. The lowest BCUT2D eigenvalue weighted by molar-refractivity contribution is 0.0650. The second-order valence-electron chi connectivity index (χ2n) is 5.56. The van der Waals surface area contributed by atoms with Crippen molar-refractivity contribution >= 4 is 24.8 Å². The number of hydrogen-bond acceptors (Lipinski definition) is 3. The molecule has 2 aliphatic heterocycles. The van der Waals surface area contributed by atoms with Crippen LogP contribution in [0, 0.1) is 11.7 Å². The largest absolute Gasteiger partial charge is 0.493 e. The first kappa shape index (κ1) is 18.5. The summed E-state index contributed by atoms with van der Waals surface area (Å²) in [6.45, 7) is 5.25. The molecule has 3 nitrogen and oxygen atoms in total. The summed E-state index contributed by atoms with van der Waals surface area (Å²) in [5.74, 6) is 1.15. The van der Waals surface area contributed by atoms with E-state index in [1.54, 1.807) is 12.1 Å². The van der Waals surface area contributed by atoms with Gasteiger partial charge in [0.2, 0.25) is 0 Å². The monoisotopic (exact) mass is 336 g/mol. The molecule has 0 amide bonds. The molecule has 0 bridgehead atoms. The maximum absolute atomic E-state index is 12.8. The number of fused-ring (bicyclic) bond motifs is 1. The van der Waals surface area contributed by atoms with Gasteiger partial charge in [-0.05, 0) is 37.1 Å². The fourth-order valence-electron chi connectivity index (χ4n) is 3.06. The molecule has 2 atom stereocenters. The van der Waals surface area contributed by atoms with E-state index in [1.165, 1.54) is 25.0 Å². The molecule has 0 spiro atoms. The predicted molar refractivity (Wildman–Crippen MR) is 87.3 cm³/mol. The van der Waals surface area contributed by atoms with Crippen molar-refractivity contribution in [2.45, 2.75) is 18.9 Å². The number of nitrogens with zero attached hydrogens (tertiary/aromatic N) is 1. The van der Waals surface area contributed by atoms with E-state index in [2.05, 4.69) is 10.2 Å². The number of nitrogens with one attached hydrogen (secondary N) is 1. The molecule has 2 aliphatic rings. The average molecular weight is 337 g/mol. The lowest BCUT2D eigenvalue weighted by Gasteiger charge is -2.42. The van der Waals surface area contributed by atoms with Crippen molar-refractivity contribution in [3.63, 3.8) is 0 Å². The Morgan fingerprint density at radius 3 is 2.71 bits per heavy atom. The highest BCUT2D eigenvalue weighted by atomic mass is 35.5. The Bertz CT molecular complexity index is 419. The van der Waals surface area contributed by atoms with Crippen LogP contribution in [0.5, 0.6) is 5.75 Å². The topological polar surface area (TPSA) is 24.5 Å². The van der Waals surface area contributed by atoms with Gasteiger partial charge in [-0.2, -0.15) is 0 Å². The maximum atomic E-state index is 12.8. The zero-order valence-corrected chi connectivity index (χ0v) is 13.6. The van der Waals surface area contributed by atoms with Crippen molar-refractivity contribution < 1.29 is 9.13 Å². The molecule has 0 unspecified atom stereocenters. The van der Waals surface area contributed by atoms with Gasteiger partial charge in [0.1, 0.15) is 11.6 Å². The van der Waals surface area contributed by atoms with Gasteiger partial charge in [-0.15, -0.1) is 24.8 Å². The van der Waals surface area contributed by atoms with Crippen molar-refractivity contribution in [3.8, 4) is 5.75 Å². The van der Waals surface area contributed by atoms with Crippen LogP contribution in [0.25, 0.3) is 0 Å². The van der Waals surface area contributed by atoms with Crippen LogP contribution in [-0.4, -0.2) is 43.7 Å². The Hall–Kier alpha value is -0.550. The van der Waals surface area contributed by atoms with Crippen LogP contribution >= 0.6 is 24.8 Å². The zero-order valence-electron chi connectivity index (χ0n) is 12.0. The van der Waals surface area contributed by atoms with Gasteiger partial charge in [-0.1, -0.05) is 0 Å². The molecule has 21 heavy (non-hydrogen) atoms. The minimum absolute atomic E-state index is 0. The smallest absolute Gasteiger partial charge is 0.123 e. The molecule has 0 saturated carbocycles.